The van der Waals surface area contributed by atoms with Gasteiger partial charge in [0.05, 0.1) is 0 Å². The van der Waals surface area contributed by atoms with Crippen molar-refractivity contribution in [2.24, 2.45) is 5.92 Å². The number of fused-ring (bicyclic) bond motifs is 6. The summed E-state index contributed by atoms with van der Waals surface area (Å²) < 4.78 is 0. The van der Waals surface area contributed by atoms with E-state index in [4.69, 9.17) is 0 Å². The molecule has 6 rings (SSSR count). The largest absolute Gasteiger partial charge is 0.0619 e. The molecule has 0 aliphatic heterocycles. The molecule has 0 radical (unpaired) electrons. The molecule has 0 bridgehead atoms. The van der Waals surface area contributed by atoms with Crippen LogP contribution in [0.25, 0.3) is 22.3 Å². The minimum atomic E-state index is 0.318. The lowest BCUT2D eigenvalue weighted by atomic mass is 9.84. The van der Waals surface area contributed by atoms with E-state index in [1.54, 1.807) is 0 Å². The normalized spacial score (nSPS) is 16.4. The van der Waals surface area contributed by atoms with E-state index in [0.29, 0.717) is 17.8 Å². The lowest BCUT2D eigenvalue weighted by molar-refractivity contribution is 0.573. The molecule has 0 saturated carbocycles. The summed E-state index contributed by atoms with van der Waals surface area (Å²) in [5.41, 5.74) is 12.9. The summed E-state index contributed by atoms with van der Waals surface area (Å²) in [5, 5.41) is 0. The summed E-state index contributed by atoms with van der Waals surface area (Å²) in [4.78, 5) is 0. The van der Waals surface area contributed by atoms with E-state index < -0.39 is 0 Å². The highest BCUT2D eigenvalue weighted by Crippen LogP contribution is 2.52. The Kier molecular flexibility index (Phi) is 3.59. The molecule has 29 heavy (non-hydrogen) atoms. The molecular weight excluding hydrogens is 348 g/mol. The first-order chi connectivity index (χ1) is 14.2. The van der Waals surface area contributed by atoms with Gasteiger partial charge in [-0.15, -0.1) is 0 Å². The fourth-order valence-corrected chi connectivity index (χ4v) is 5.67. The van der Waals surface area contributed by atoms with Gasteiger partial charge in [-0.3, -0.25) is 0 Å². The van der Waals surface area contributed by atoms with Gasteiger partial charge in [-0.2, -0.15) is 0 Å². The molecule has 0 heterocycles. The van der Waals surface area contributed by atoms with Gasteiger partial charge in [0.25, 0.3) is 0 Å². The minimum Gasteiger partial charge on any atom is -0.0619 e. The van der Waals surface area contributed by atoms with Crippen molar-refractivity contribution in [3.63, 3.8) is 0 Å². The molecule has 4 aromatic rings. The zero-order chi connectivity index (χ0) is 19.5. The van der Waals surface area contributed by atoms with Crippen molar-refractivity contribution in [2.75, 3.05) is 0 Å². The second kappa shape index (κ2) is 6.19. The zero-order valence-corrected chi connectivity index (χ0v) is 16.9. The summed E-state index contributed by atoms with van der Waals surface area (Å²) in [6, 6.07) is 34.0. The van der Waals surface area contributed by atoms with Crippen molar-refractivity contribution in [2.45, 2.75) is 25.7 Å². The molecule has 0 heteroatoms. The number of benzene rings is 4. The molecule has 0 fully saturated rings. The lowest BCUT2D eigenvalue weighted by Crippen LogP contribution is -2.05. The molecule has 1 unspecified atom stereocenters. The van der Waals surface area contributed by atoms with Gasteiger partial charge in [-0.1, -0.05) is 98.8 Å². The Balaban J connectivity index is 1.57. The molecule has 2 aliphatic rings. The Bertz CT molecular complexity index is 1200. The lowest BCUT2D eigenvalue weighted by Gasteiger charge is -2.19. The Morgan fingerprint density at radius 3 is 1.59 bits per heavy atom. The van der Waals surface area contributed by atoms with Gasteiger partial charge < -0.3 is 0 Å². The second-order valence-electron chi connectivity index (χ2n) is 8.76. The van der Waals surface area contributed by atoms with Crippen LogP contribution < -0.4 is 0 Å². The summed E-state index contributed by atoms with van der Waals surface area (Å²) in [6.07, 6.45) is 0. The predicted octanol–water partition coefficient (Wildman–Crippen LogP) is 7.62. The Labute approximate surface area is 172 Å². The fraction of sp³-hybridized carbons (Fsp3) is 0.172. The summed E-state index contributed by atoms with van der Waals surface area (Å²) >= 11 is 0. The molecule has 0 saturated heterocycles. The first-order valence-electron chi connectivity index (χ1n) is 10.7. The predicted molar refractivity (Wildman–Crippen MR) is 121 cm³/mol. The third kappa shape index (κ3) is 2.32. The molecule has 0 aromatic heterocycles. The molecule has 0 nitrogen and oxygen atoms in total. The molecular formula is C29H24. The molecule has 4 aromatic carbocycles. The van der Waals surface area contributed by atoms with Gasteiger partial charge in [0.2, 0.25) is 0 Å². The van der Waals surface area contributed by atoms with Crippen molar-refractivity contribution < 1.29 is 0 Å². The average molecular weight is 373 g/mol. The van der Waals surface area contributed by atoms with Crippen LogP contribution in [0.5, 0.6) is 0 Å². The van der Waals surface area contributed by atoms with Crippen molar-refractivity contribution in [3.8, 4) is 22.3 Å². The average Bonchev–Trinajstić information content (AvgIpc) is 3.26. The summed E-state index contributed by atoms with van der Waals surface area (Å²) in [5.74, 6) is 1.41. The molecule has 140 valence electrons. The van der Waals surface area contributed by atoms with Crippen LogP contribution in [-0.2, 0) is 0 Å². The van der Waals surface area contributed by atoms with Gasteiger partial charge in [-0.05, 0) is 62.1 Å². The minimum absolute atomic E-state index is 0.318. The van der Waals surface area contributed by atoms with Crippen LogP contribution in [0, 0.1) is 5.92 Å². The van der Waals surface area contributed by atoms with E-state index in [-0.39, 0.29) is 0 Å². The number of hydrogen-bond donors (Lipinski definition) is 0. The van der Waals surface area contributed by atoms with Crippen molar-refractivity contribution >= 4 is 0 Å². The Morgan fingerprint density at radius 1 is 0.517 bits per heavy atom. The second-order valence-corrected chi connectivity index (χ2v) is 8.76. The van der Waals surface area contributed by atoms with Crippen molar-refractivity contribution in [1.29, 1.82) is 0 Å². The Hall–Kier alpha value is -3.12. The first-order valence-corrected chi connectivity index (χ1v) is 10.7. The maximum absolute atomic E-state index is 2.47. The van der Waals surface area contributed by atoms with Crippen LogP contribution in [0.15, 0.2) is 91.0 Å². The van der Waals surface area contributed by atoms with E-state index in [1.165, 1.54) is 50.1 Å². The number of rotatable bonds is 2. The van der Waals surface area contributed by atoms with Crippen molar-refractivity contribution in [1.82, 2.24) is 0 Å². The SMILES string of the molecule is CC(C)C1c2ccccc2-c2cc(C3c4ccccc4-c4ccccc43)ccc21. The quantitative estimate of drug-likeness (QED) is 0.299. The third-order valence-electron chi connectivity index (χ3n) is 6.83. The standard InChI is InChI=1S/C29H24/c1-18(2)28-23-12-6-5-11-22(23)27-17-19(15-16-26(27)28)29-24-13-7-3-9-20(24)21-10-4-8-14-25(21)29/h3-18,28-29H,1-2H3. The van der Waals surface area contributed by atoms with Crippen LogP contribution in [0.3, 0.4) is 0 Å². The zero-order valence-electron chi connectivity index (χ0n) is 16.9. The topological polar surface area (TPSA) is 0 Å². The highest BCUT2D eigenvalue weighted by molar-refractivity contribution is 5.83. The maximum Gasteiger partial charge on any atom is 0.0352 e. The smallest absolute Gasteiger partial charge is 0.0352 e. The van der Waals surface area contributed by atoms with E-state index in [9.17, 15) is 0 Å². The molecule has 0 N–H and O–H groups in total. The van der Waals surface area contributed by atoms with E-state index in [2.05, 4.69) is 105 Å². The highest BCUT2D eigenvalue weighted by atomic mass is 14.4. The van der Waals surface area contributed by atoms with Crippen LogP contribution >= 0.6 is 0 Å². The van der Waals surface area contributed by atoms with Gasteiger partial charge in [0.15, 0.2) is 0 Å². The van der Waals surface area contributed by atoms with Gasteiger partial charge >= 0.3 is 0 Å². The molecule has 2 aliphatic carbocycles. The van der Waals surface area contributed by atoms with Crippen LogP contribution in [-0.4, -0.2) is 0 Å². The van der Waals surface area contributed by atoms with E-state index in [0.717, 1.165) is 0 Å². The Morgan fingerprint density at radius 2 is 1.00 bits per heavy atom. The third-order valence-corrected chi connectivity index (χ3v) is 6.83. The molecule has 0 spiro atoms. The van der Waals surface area contributed by atoms with Crippen molar-refractivity contribution in [3.05, 3.63) is 119 Å². The highest BCUT2D eigenvalue weighted by Gasteiger charge is 2.33. The first kappa shape index (κ1) is 16.8. The van der Waals surface area contributed by atoms with Gasteiger partial charge in [-0.25, -0.2) is 0 Å². The van der Waals surface area contributed by atoms with E-state index >= 15 is 0 Å². The number of hydrogen-bond acceptors (Lipinski definition) is 0. The van der Waals surface area contributed by atoms with Crippen LogP contribution in [0.2, 0.25) is 0 Å². The van der Waals surface area contributed by atoms with Gasteiger partial charge in [0.1, 0.15) is 0 Å². The summed E-state index contributed by atoms with van der Waals surface area (Å²) in [6.45, 7) is 4.68. The maximum atomic E-state index is 2.47. The monoisotopic (exact) mass is 372 g/mol. The molecule has 1 atom stereocenters. The summed E-state index contributed by atoms with van der Waals surface area (Å²) in [7, 11) is 0. The van der Waals surface area contributed by atoms with Gasteiger partial charge in [0, 0.05) is 11.8 Å². The fourth-order valence-electron chi connectivity index (χ4n) is 5.67. The van der Waals surface area contributed by atoms with Crippen LogP contribution in [0.1, 0.15) is 53.5 Å². The van der Waals surface area contributed by atoms with Crippen LogP contribution in [0.4, 0.5) is 0 Å². The van der Waals surface area contributed by atoms with E-state index in [1.807, 2.05) is 0 Å². The molecule has 0 amide bonds.